The Labute approximate surface area is 284 Å². The number of carbonyl (C=O) groups is 2. The van der Waals surface area contributed by atoms with Crippen LogP contribution >= 0.6 is 11.8 Å². The average molecular weight is 684 g/mol. The lowest BCUT2D eigenvalue weighted by Gasteiger charge is -2.25. The molecule has 4 N–H and O–H groups in total. The maximum absolute atomic E-state index is 13.3. The zero-order chi connectivity index (χ0) is 34.3. The van der Waals surface area contributed by atoms with Gasteiger partial charge in [0.2, 0.25) is 0 Å². The van der Waals surface area contributed by atoms with E-state index < -0.39 is 27.6 Å². The number of amides is 3. The van der Waals surface area contributed by atoms with Crippen molar-refractivity contribution in [1.82, 2.24) is 24.9 Å². The second kappa shape index (κ2) is 14.9. The number of aromatic nitrogens is 2. The third kappa shape index (κ3) is 7.96. The SMILES string of the molecule is CSc1nc(C)n(Cc2ccc(-c3ccccc3S(=O)(=O)NC(=O)NCc3ccccc3)cc2)c1C(C)(O)C(=O)NCc1ccccc1. The molecule has 1 aromatic heterocycles. The minimum absolute atomic E-state index is 0.0393. The van der Waals surface area contributed by atoms with E-state index in [0.717, 1.165) is 16.7 Å². The Kier molecular flexibility index (Phi) is 10.7. The van der Waals surface area contributed by atoms with Crippen LogP contribution in [0.2, 0.25) is 0 Å². The molecule has 5 rings (SSSR count). The Morgan fingerprint density at radius 3 is 1.98 bits per heavy atom. The van der Waals surface area contributed by atoms with Crippen LogP contribution in [0.25, 0.3) is 11.1 Å². The molecule has 0 bridgehead atoms. The summed E-state index contributed by atoms with van der Waals surface area (Å²) in [4.78, 5) is 30.4. The standard InChI is InChI=1S/C36H37N5O5S2/c1-25-39-33(47-3)32(36(2,44)34(42)37-22-26-12-6-4-7-13-26)41(25)24-28-18-20-29(21-19-28)30-16-10-11-17-31(30)48(45,46)40-35(43)38-23-27-14-8-5-9-15-27/h4-21,44H,22-24H2,1-3H3,(H,37,42)(H2,38,40,43). The number of nitrogens with one attached hydrogen (secondary N) is 3. The van der Waals surface area contributed by atoms with Gasteiger partial charge in [-0.3, -0.25) is 4.79 Å². The van der Waals surface area contributed by atoms with Gasteiger partial charge in [-0.1, -0.05) is 103 Å². The number of carbonyl (C=O) groups excluding carboxylic acids is 2. The highest BCUT2D eigenvalue weighted by Crippen LogP contribution is 2.33. The van der Waals surface area contributed by atoms with Crippen LogP contribution in [0.15, 0.2) is 119 Å². The molecule has 0 saturated carbocycles. The largest absolute Gasteiger partial charge is 0.374 e. The first-order valence-electron chi connectivity index (χ1n) is 15.2. The van der Waals surface area contributed by atoms with Crippen LogP contribution in [-0.4, -0.2) is 41.3 Å². The molecule has 0 aliphatic rings. The Balaban J connectivity index is 1.34. The van der Waals surface area contributed by atoms with Crippen LogP contribution in [0.3, 0.4) is 0 Å². The lowest BCUT2D eigenvalue weighted by Crippen LogP contribution is -2.43. The Bertz CT molecular complexity index is 2000. The van der Waals surface area contributed by atoms with Crippen molar-refractivity contribution < 1.29 is 23.1 Å². The molecule has 0 aliphatic carbocycles. The fourth-order valence-electron chi connectivity index (χ4n) is 5.31. The first-order valence-corrected chi connectivity index (χ1v) is 17.9. The van der Waals surface area contributed by atoms with Crippen molar-refractivity contribution in [3.05, 3.63) is 137 Å². The van der Waals surface area contributed by atoms with Gasteiger partial charge in [0.25, 0.3) is 15.9 Å². The number of aryl methyl sites for hydroxylation is 1. The van der Waals surface area contributed by atoms with E-state index in [2.05, 4.69) is 20.3 Å². The number of rotatable bonds is 12. The summed E-state index contributed by atoms with van der Waals surface area (Å²) in [6.45, 7) is 4.04. The lowest BCUT2D eigenvalue weighted by molar-refractivity contribution is -0.140. The van der Waals surface area contributed by atoms with Crippen molar-refractivity contribution in [2.24, 2.45) is 0 Å². The first kappa shape index (κ1) is 34.4. The van der Waals surface area contributed by atoms with E-state index in [0.29, 0.717) is 34.2 Å². The third-order valence-electron chi connectivity index (χ3n) is 7.82. The molecule has 1 atom stereocenters. The molecule has 0 radical (unpaired) electrons. The van der Waals surface area contributed by atoms with E-state index in [9.17, 15) is 23.1 Å². The molecule has 248 valence electrons. The highest BCUT2D eigenvalue weighted by molar-refractivity contribution is 7.98. The van der Waals surface area contributed by atoms with E-state index in [1.807, 2.05) is 90.5 Å². The van der Waals surface area contributed by atoms with E-state index >= 15 is 0 Å². The highest BCUT2D eigenvalue weighted by atomic mass is 32.2. The van der Waals surface area contributed by atoms with Gasteiger partial charge in [-0.15, -0.1) is 11.8 Å². The van der Waals surface area contributed by atoms with Crippen molar-refractivity contribution in [2.45, 2.75) is 49.0 Å². The van der Waals surface area contributed by atoms with Crippen LogP contribution in [0.1, 0.15) is 35.1 Å². The van der Waals surface area contributed by atoms with Gasteiger partial charge in [0.1, 0.15) is 10.9 Å². The van der Waals surface area contributed by atoms with Crippen LogP contribution in [-0.2, 0) is 40.1 Å². The molecule has 48 heavy (non-hydrogen) atoms. The van der Waals surface area contributed by atoms with Crippen molar-refractivity contribution >= 4 is 33.7 Å². The fourth-order valence-corrected chi connectivity index (χ4v) is 7.19. The van der Waals surface area contributed by atoms with Gasteiger partial charge in [-0.05, 0) is 48.4 Å². The van der Waals surface area contributed by atoms with Gasteiger partial charge in [0.05, 0.1) is 10.6 Å². The molecule has 3 amide bonds. The molecule has 1 unspecified atom stereocenters. The number of nitrogens with zero attached hydrogens (tertiary/aromatic N) is 2. The number of urea groups is 1. The first-order chi connectivity index (χ1) is 23.0. The molecule has 5 aromatic rings. The quantitative estimate of drug-likeness (QED) is 0.130. The Hall–Kier alpha value is -4.91. The van der Waals surface area contributed by atoms with Crippen LogP contribution in [0.4, 0.5) is 4.79 Å². The second-order valence-corrected chi connectivity index (χ2v) is 13.8. The second-order valence-electron chi connectivity index (χ2n) is 11.3. The van der Waals surface area contributed by atoms with Crippen molar-refractivity contribution in [1.29, 1.82) is 0 Å². The summed E-state index contributed by atoms with van der Waals surface area (Å²) in [5, 5.41) is 17.6. The fraction of sp³-hybridized carbons (Fsp3) is 0.194. The summed E-state index contributed by atoms with van der Waals surface area (Å²) in [6, 6.07) is 31.6. The predicted molar refractivity (Wildman–Crippen MR) is 187 cm³/mol. The summed E-state index contributed by atoms with van der Waals surface area (Å²) in [5.41, 5.74) is 2.15. The number of aliphatic hydroxyl groups is 1. The zero-order valence-electron chi connectivity index (χ0n) is 26.8. The van der Waals surface area contributed by atoms with Gasteiger partial charge in [0.15, 0.2) is 5.60 Å². The van der Waals surface area contributed by atoms with E-state index in [1.165, 1.54) is 24.8 Å². The van der Waals surface area contributed by atoms with Gasteiger partial charge in [-0.25, -0.2) is 22.9 Å². The Morgan fingerprint density at radius 1 is 0.812 bits per heavy atom. The Morgan fingerprint density at radius 2 is 1.38 bits per heavy atom. The number of benzene rings is 4. The number of imidazole rings is 1. The van der Waals surface area contributed by atoms with Gasteiger partial charge < -0.3 is 20.3 Å². The predicted octanol–water partition coefficient (Wildman–Crippen LogP) is 5.34. The van der Waals surface area contributed by atoms with Gasteiger partial charge in [-0.2, -0.15) is 0 Å². The third-order valence-corrected chi connectivity index (χ3v) is 9.88. The van der Waals surface area contributed by atoms with Gasteiger partial charge >= 0.3 is 6.03 Å². The minimum atomic E-state index is -4.20. The van der Waals surface area contributed by atoms with Crippen LogP contribution in [0.5, 0.6) is 0 Å². The zero-order valence-corrected chi connectivity index (χ0v) is 28.4. The molecule has 0 aliphatic heterocycles. The molecular formula is C36H37N5O5S2. The van der Waals surface area contributed by atoms with Crippen molar-refractivity contribution in [2.75, 3.05) is 6.26 Å². The number of hydrogen-bond acceptors (Lipinski definition) is 7. The summed E-state index contributed by atoms with van der Waals surface area (Å²) >= 11 is 1.35. The summed E-state index contributed by atoms with van der Waals surface area (Å²) in [6.07, 6.45) is 1.84. The molecule has 4 aromatic carbocycles. The van der Waals surface area contributed by atoms with Crippen LogP contribution in [0, 0.1) is 6.92 Å². The number of hydrogen-bond donors (Lipinski definition) is 4. The minimum Gasteiger partial charge on any atom is -0.374 e. The number of sulfonamides is 1. The molecule has 10 nitrogen and oxygen atoms in total. The lowest BCUT2D eigenvalue weighted by atomic mass is 10.0. The van der Waals surface area contributed by atoms with E-state index in [4.69, 9.17) is 0 Å². The average Bonchev–Trinajstić information content (AvgIpc) is 3.42. The number of thioether (sulfide) groups is 1. The molecule has 0 spiro atoms. The van der Waals surface area contributed by atoms with E-state index in [-0.39, 0.29) is 18.0 Å². The molecule has 12 heteroatoms. The van der Waals surface area contributed by atoms with Gasteiger partial charge in [0, 0.05) is 25.2 Å². The normalized spacial score (nSPS) is 12.6. The summed E-state index contributed by atoms with van der Waals surface area (Å²) in [7, 11) is -4.20. The smallest absolute Gasteiger partial charge is 0.328 e. The summed E-state index contributed by atoms with van der Waals surface area (Å²) in [5.74, 6) is 0.0842. The van der Waals surface area contributed by atoms with E-state index in [1.54, 1.807) is 30.3 Å². The summed E-state index contributed by atoms with van der Waals surface area (Å²) < 4.78 is 30.5. The maximum atomic E-state index is 13.3. The monoisotopic (exact) mass is 683 g/mol. The molecule has 1 heterocycles. The topological polar surface area (TPSA) is 142 Å². The van der Waals surface area contributed by atoms with Crippen LogP contribution < -0.4 is 15.4 Å². The van der Waals surface area contributed by atoms with Crippen molar-refractivity contribution in [3.8, 4) is 11.1 Å². The molecule has 0 fully saturated rings. The molecule has 0 saturated heterocycles. The maximum Gasteiger partial charge on any atom is 0.328 e. The highest BCUT2D eigenvalue weighted by Gasteiger charge is 2.39. The molecular weight excluding hydrogens is 647 g/mol. The van der Waals surface area contributed by atoms with Crippen molar-refractivity contribution in [3.63, 3.8) is 0 Å².